The lowest BCUT2D eigenvalue weighted by Crippen LogP contribution is -2.34. The van der Waals surface area contributed by atoms with E-state index in [-0.39, 0.29) is 5.78 Å². The molecule has 0 atom stereocenters. The van der Waals surface area contributed by atoms with Crippen molar-refractivity contribution in [2.45, 2.75) is 33.1 Å². The number of Topliss-reactive ketones (excluding diaryl/α,β-unsaturated/α-hetero) is 1. The number of benzene rings is 1. The molecule has 0 aliphatic carbocycles. The number of likely N-dealkylation sites (tertiary alicyclic amines) is 1. The molecule has 0 spiro atoms. The van der Waals surface area contributed by atoms with Crippen molar-refractivity contribution >= 4 is 11.6 Å². The third-order valence-electron chi connectivity index (χ3n) is 5.14. The van der Waals surface area contributed by atoms with E-state index in [1.54, 1.807) is 11.8 Å². The number of piperidine rings is 1. The SMILES string of the molecule is COc1ccc(-n2nnc(C(C)=O)c2NCCCN2CCC(C)CC2)cc1. The lowest BCUT2D eigenvalue weighted by molar-refractivity contribution is 0.101. The van der Waals surface area contributed by atoms with Gasteiger partial charge < -0.3 is 15.0 Å². The van der Waals surface area contributed by atoms with Gasteiger partial charge in [0.25, 0.3) is 0 Å². The molecule has 0 bridgehead atoms. The van der Waals surface area contributed by atoms with Crippen LogP contribution in [0.25, 0.3) is 5.69 Å². The summed E-state index contributed by atoms with van der Waals surface area (Å²) in [5, 5.41) is 11.6. The van der Waals surface area contributed by atoms with Crippen molar-refractivity contribution in [2.24, 2.45) is 5.92 Å². The Morgan fingerprint density at radius 2 is 1.96 bits per heavy atom. The molecule has 0 radical (unpaired) electrons. The van der Waals surface area contributed by atoms with Crippen LogP contribution in [-0.2, 0) is 0 Å². The predicted molar refractivity (Wildman–Crippen MR) is 106 cm³/mol. The molecule has 1 N–H and O–H groups in total. The van der Waals surface area contributed by atoms with E-state index in [1.807, 2.05) is 24.3 Å². The van der Waals surface area contributed by atoms with Crippen molar-refractivity contribution in [3.63, 3.8) is 0 Å². The molecule has 2 heterocycles. The van der Waals surface area contributed by atoms with E-state index in [4.69, 9.17) is 4.74 Å². The van der Waals surface area contributed by atoms with Gasteiger partial charge in [0.1, 0.15) is 5.75 Å². The summed E-state index contributed by atoms with van der Waals surface area (Å²) in [6.07, 6.45) is 3.59. The Morgan fingerprint density at radius 3 is 2.59 bits per heavy atom. The van der Waals surface area contributed by atoms with Crippen LogP contribution in [0, 0.1) is 5.92 Å². The van der Waals surface area contributed by atoms with Crippen LogP contribution in [0.4, 0.5) is 5.82 Å². The van der Waals surface area contributed by atoms with Gasteiger partial charge in [-0.2, -0.15) is 4.68 Å². The average Bonchev–Trinajstić information content (AvgIpc) is 3.11. The van der Waals surface area contributed by atoms with Crippen LogP contribution in [0.15, 0.2) is 24.3 Å². The number of rotatable bonds is 8. The van der Waals surface area contributed by atoms with Gasteiger partial charge in [-0.05, 0) is 69.1 Å². The third-order valence-corrected chi connectivity index (χ3v) is 5.14. The fourth-order valence-electron chi connectivity index (χ4n) is 3.38. The second kappa shape index (κ2) is 8.99. The van der Waals surface area contributed by atoms with Crippen LogP contribution < -0.4 is 10.1 Å². The summed E-state index contributed by atoms with van der Waals surface area (Å²) in [6.45, 7) is 8.06. The maximum Gasteiger partial charge on any atom is 0.183 e. The molecule has 1 aromatic carbocycles. The number of hydrogen-bond donors (Lipinski definition) is 1. The van der Waals surface area contributed by atoms with Gasteiger partial charge in [0.15, 0.2) is 17.3 Å². The molecule has 1 aliphatic heterocycles. The zero-order valence-electron chi connectivity index (χ0n) is 16.4. The highest BCUT2D eigenvalue weighted by Gasteiger charge is 2.18. The molecule has 0 saturated carbocycles. The largest absolute Gasteiger partial charge is 0.497 e. The Morgan fingerprint density at radius 1 is 1.26 bits per heavy atom. The summed E-state index contributed by atoms with van der Waals surface area (Å²) >= 11 is 0. The number of ether oxygens (including phenoxy) is 1. The van der Waals surface area contributed by atoms with Crippen LogP contribution in [0.2, 0.25) is 0 Å². The minimum Gasteiger partial charge on any atom is -0.497 e. The van der Waals surface area contributed by atoms with Crippen molar-refractivity contribution in [1.29, 1.82) is 0 Å². The standard InChI is InChI=1S/C20H29N5O2/c1-15-9-13-24(14-10-15)12-4-11-21-20-19(16(2)26)22-23-25(20)17-5-7-18(27-3)8-6-17/h5-8,15,21H,4,9-14H2,1-3H3. The Balaban J connectivity index is 1.64. The molecule has 1 aromatic heterocycles. The summed E-state index contributed by atoms with van der Waals surface area (Å²) in [6, 6.07) is 7.53. The number of anilines is 1. The van der Waals surface area contributed by atoms with Crippen LogP contribution in [0.5, 0.6) is 5.75 Å². The van der Waals surface area contributed by atoms with Gasteiger partial charge in [-0.1, -0.05) is 12.1 Å². The molecular weight excluding hydrogens is 342 g/mol. The summed E-state index contributed by atoms with van der Waals surface area (Å²) in [7, 11) is 1.63. The fourth-order valence-corrected chi connectivity index (χ4v) is 3.38. The highest BCUT2D eigenvalue weighted by atomic mass is 16.5. The highest BCUT2D eigenvalue weighted by Crippen LogP contribution is 2.21. The number of carbonyl (C=O) groups is 1. The summed E-state index contributed by atoms with van der Waals surface area (Å²) in [5.74, 6) is 2.18. The summed E-state index contributed by atoms with van der Waals surface area (Å²) in [5.41, 5.74) is 1.21. The lowest BCUT2D eigenvalue weighted by Gasteiger charge is -2.30. The highest BCUT2D eigenvalue weighted by molar-refractivity contribution is 5.96. The summed E-state index contributed by atoms with van der Waals surface area (Å²) < 4.78 is 6.88. The molecule has 0 unspecified atom stereocenters. The number of carbonyl (C=O) groups excluding carboxylic acids is 1. The van der Waals surface area contributed by atoms with E-state index >= 15 is 0 Å². The molecule has 0 amide bonds. The Kier molecular flexibility index (Phi) is 6.45. The smallest absolute Gasteiger partial charge is 0.183 e. The van der Waals surface area contributed by atoms with Crippen molar-refractivity contribution in [3.05, 3.63) is 30.0 Å². The number of ketones is 1. The normalized spacial score (nSPS) is 15.7. The zero-order valence-corrected chi connectivity index (χ0v) is 16.4. The zero-order chi connectivity index (χ0) is 19.2. The Labute approximate surface area is 160 Å². The van der Waals surface area contributed by atoms with Gasteiger partial charge in [0, 0.05) is 13.5 Å². The fraction of sp³-hybridized carbons (Fsp3) is 0.550. The maximum atomic E-state index is 11.9. The topological polar surface area (TPSA) is 72.3 Å². The van der Waals surface area contributed by atoms with E-state index in [1.165, 1.54) is 32.9 Å². The quantitative estimate of drug-likeness (QED) is 0.568. The molecule has 7 nitrogen and oxygen atoms in total. The molecule has 1 saturated heterocycles. The maximum absolute atomic E-state index is 11.9. The van der Waals surface area contributed by atoms with E-state index < -0.39 is 0 Å². The number of hydrogen-bond acceptors (Lipinski definition) is 6. The van der Waals surface area contributed by atoms with Crippen LogP contribution in [-0.4, -0.2) is 59.0 Å². The first-order valence-corrected chi connectivity index (χ1v) is 9.65. The van der Waals surface area contributed by atoms with Crippen molar-refractivity contribution in [3.8, 4) is 11.4 Å². The first kappa shape index (κ1) is 19.4. The first-order valence-electron chi connectivity index (χ1n) is 9.65. The van der Waals surface area contributed by atoms with Gasteiger partial charge in [0.2, 0.25) is 0 Å². The van der Waals surface area contributed by atoms with Crippen LogP contribution in [0.3, 0.4) is 0 Å². The Bertz CT molecular complexity index is 748. The Hall–Kier alpha value is -2.41. The molecule has 2 aromatic rings. The van der Waals surface area contributed by atoms with E-state index in [2.05, 4.69) is 27.5 Å². The van der Waals surface area contributed by atoms with E-state index in [9.17, 15) is 4.79 Å². The molecular formula is C20H29N5O2. The van der Waals surface area contributed by atoms with Crippen molar-refractivity contribution < 1.29 is 9.53 Å². The van der Waals surface area contributed by atoms with Crippen LogP contribution in [0.1, 0.15) is 43.6 Å². The van der Waals surface area contributed by atoms with Gasteiger partial charge >= 0.3 is 0 Å². The minimum absolute atomic E-state index is 0.0951. The van der Waals surface area contributed by atoms with E-state index in [0.29, 0.717) is 11.5 Å². The second-order valence-electron chi connectivity index (χ2n) is 7.26. The second-order valence-corrected chi connectivity index (χ2v) is 7.26. The molecule has 146 valence electrons. The number of methoxy groups -OCH3 is 1. The van der Waals surface area contributed by atoms with Gasteiger partial charge in [-0.25, -0.2) is 0 Å². The van der Waals surface area contributed by atoms with E-state index in [0.717, 1.165) is 36.9 Å². The molecule has 7 heteroatoms. The third kappa shape index (κ3) is 4.86. The van der Waals surface area contributed by atoms with Crippen molar-refractivity contribution in [2.75, 3.05) is 38.6 Å². The minimum atomic E-state index is -0.0951. The van der Waals surface area contributed by atoms with Gasteiger partial charge in [-0.15, -0.1) is 5.10 Å². The molecule has 1 aliphatic rings. The molecule has 3 rings (SSSR count). The molecule has 1 fully saturated rings. The number of nitrogens with one attached hydrogen (secondary N) is 1. The lowest BCUT2D eigenvalue weighted by atomic mass is 9.99. The average molecular weight is 371 g/mol. The number of nitrogens with zero attached hydrogens (tertiary/aromatic N) is 4. The summed E-state index contributed by atoms with van der Waals surface area (Å²) in [4.78, 5) is 14.5. The predicted octanol–water partition coefficient (Wildman–Crippen LogP) is 3.01. The van der Waals surface area contributed by atoms with Gasteiger partial charge in [-0.3, -0.25) is 4.79 Å². The molecule has 27 heavy (non-hydrogen) atoms. The van der Waals surface area contributed by atoms with Crippen molar-refractivity contribution in [1.82, 2.24) is 19.9 Å². The van der Waals surface area contributed by atoms with Gasteiger partial charge in [0.05, 0.1) is 12.8 Å². The first-order chi connectivity index (χ1) is 13.1. The van der Waals surface area contributed by atoms with Crippen LogP contribution >= 0.6 is 0 Å². The monoisotopic (exact) mass is 371 g/mol. The number of aromatic nitrogens is 3.